The third kappa shape index (κ3) is 1.99. The summed E-state index contributed by atoms with van der Waals surface area (Å²) in [5.41, 5.74) is 7.88. The average molecular weight is 178 g/mol. The zero-order chi connectivity index (χ0) is 10.0. The van der Waals surface area contributed by atoms with Crippen LogP contribution in [0.4, 0.5) is 5.69 Å². The van der Waals surface area contributed by atoms with Gasteiger partial charge >= 0.3 is 0 Å². The van der Waals surface area contributed by atoms with E-state index in [1.807, 2.05) is 13.0 Å². The van der Waals surface area contributed by atoms with Crippen LogP contribution in [0.5, 0.6) is 0 Å². The van der Waals surface area contributed by atoms with Crippen LogP contribution in [0.15, 0.2) is 18.2 Å². The predicted octanol–water partition coefficient (Wildman–Crippen LogP) is 1.28. The minimum absolute atomic E-state index is 0.0579. The summed E-state index contributed by atoms with van der Waals surface area (Å²) in [6.07, 6.45) is 0. The molecule has 0 spiro atoms. The Bertz CT molecular complexity index is 332. The molecule has 0 unspecified atom stereocenters. The summed E-state index contributed by atoms with van der Waals surface area (Å²) in [6, 6.07) is 5.44. The largest absolute Gasteiger partial charge is 0.398 e. The zero-order valence-electron chi connectivity index (χ0n) is 8.16. The lowest BCUT2D eigenvalue weighted by Crippen LogP contribution is -2.22. The van der Waals surface area contributed by atoms with Crippen molar-refractivity contribution in [1.29, 1.82) is 0 Å². The summed E-state index contributed by atoms with van der Waals surface area (Å²) in [7, 11) is 3.42. The van der Waals surface area contributed by atoms with E-state index in [9.17, 15) is 4.79 Å². The highest BCUT2D eigenvalue weighted by Gasteiger charge is 2.10. The van der Waals surface area contributed by atoms with E-state index in [0.29, 0.717) is 11.3 Å². The molecule has 0 radical (unpaired) electrons. The number of benzene rings is 1. The molecule has 1 aromatic rings. The Balaban J connectivity index is 3.09. The minimum Gasteiger partial charge on any atom is -0.398 e. The van der Waals surface area contributed by atoms with E-state index >= 15 is 0 Å². The maximum atomic E-state index is 11.5. The van der Waals surface area contributed by atoms with E-state index in [1.54, 1.807) is 26.2 Å². The van der Waals surface area contributed by atoms with Crippen molar-refractivity contribution >= 4 is 11.6 Å². The molecule has 0 aromatic heterocycles. The van der Waals surface area contributed by atoms with Crippen LogP contribution in [-0.4, -0.2) is 24.9 Å². The standard InChI is InChI=1S/C10H14N2O/c1-7-4-5-8(9(11)6-7)10(13)12(2)3/h4-6H,11H2,1-3H3. The third-order valence-electron chi connectivity index (χ3n) is 1.84. The number of carbonyl (C=O) groups is 1. The zero-order valence-corrected chi connectivity index (χ0v) is 8.16. The Morgan fingerprint density at radius 3 is 2.46 bits per heavy atom. The third-order valence-corrected chi connectivity index (χ3v) is 1.84. The Morgan fingerprint density at radius 2 is 2.00 bits per heavy atom. The molecule has 2 N–H and O–H groups in total. The van der Waals surface area contributed by atoms with Crippen LogP contribution in [0.25, 0.3) is 0 Å². The van der Waals surface area contributed by atoms with Crippen molar-refractivity contribution in [3.05, 3.63) is 29.3 Å². The second-order valence-electron chi connectivity index (χ2n) is 3.29. The van der Waals surface area contributed by atoms with E-state index in [1.165, 1.54) is 4.90 Å². The first kappa shape index (κ1) is 9.58. The molecule has 0 saturated heterocycles. The summed E-state index contributed by atoms with van der Waals surface area (Å²) in [6.45, 7) is 1.94. The van der Waals surface area contributed by atoms with Crippen molar-refractivity contribution in [2.24, 2.45) is 0 Å². The number of anilines is 1. The SMILES string of the molecule is Cc1ccc(C(=O)N(C)C)c(N)c1. The van der Waals surface area contributed by atoms with Gasteiger partial charge in [-0.15, -0.1) is 0 Å². The van der Waals surface area contributed by atoms with Gasteiger partial charge in [0.1, 0.15) is 0 Å². The monoisotopic (exact) mass is 178 g/mol. The highest BCUT2D eigenvalue weighted by atomic mass is 16.2. The quantitative estimate of drug-likeness (QED) is 0.658. The smallest absolute Gasteiger partial charge is 0.255 e. The highest BCUT2D eigenvalue weighted by molar-refractivity contribution is 5.98. The summed E-state index contributed by atoms with van der Waals surface area (Å²) in [5.74, 6) is -0.0579. The molecule has 1 aromatic carbocycles. The number of rotatable bonds is 1. The second-order valence-corrected chi connectivity index (χ2v) is 3.29. The number of hydrogen-bond acceptors (Lipinski definition) is 2. The second kappa shape index (κ2) is 3.47. The van der Waals surface area contributed by atoms with Gasteiger partial charge in [-0.05, 0) is 24.6 Å². The molecule has 1 rings (SSSR count). The molecule has 3 heteroatoms. The molecule has 0 saturated carbocycles. The van der Waals surface area contributed by atoms with Crippen molar-refractivity contribution in [1.82, 2.24) is 4.90 Å². The number of nitrogens with zero attached hydrogens (tertiary/aromatic N) is 1. The molecule has 0 aliphatic carbocycles. The van der Waals surface area contributed by atoms with Gasteiger partial charge in [0.25, 0.3) is 5.91 Å². The first-order valence-corrected chi connectivity index (χ1v) is 4.10. The molecule has 1 amide bonds. The minimum atomic E-state index is -0.0579. The van der Waals surface area contributed by atoms with Crippen LogP contribution in [0.2, 0.25) is 0 Å². The molecule has 0 aliphatic heterocycles. The lowest BCUT2D eigenvalue weighted by molar-refractivity contribution is 0.0828. The summed E-state index contributed by atoms with van der Waals surface area (Å²) < 4.78 is 0. The fourth-order valence-corrected chi connectivity index (χ4v) is 1.12. The maximum absolute atomic E-state index is 11.5. The van der Waals surface area contributed by atoms with Gasteiger partial charge in [0.2, 0.25) is 0 Å². The van der Waals surface area contributed by atoms with Crippen LogP contribution in [0.1, 0.15) is 15.9 Å². The molecule has 70 valence electrons. The Labute approximate surface area is 78.2 Å². The molecule has 13 heavy (non-hydrogen) atoms. The fourth-order valence-electron chi connectivity index (χ4n) is 1.12. The van der Waals surface area contributed by atoms with Crippen molar-refractivity contribution < 1.29 is 4.79 Å². The average Bonchev–Trinajstić information content (AvgIpc) is 2.03. The first-order chi connectivity index (χ1) is 6.02. The van der Waals surface area contributed by atoms with Crippen LogP contribution in [0, 0.1) is 6.92 Å². The summed E-state index contributed by atoms with van der Waals surface area (Å²) in [5, 5.41) is 0. The van der Waals surface area contributed by atoms with E-state index in [0.717, 1.165) is 5.56 Å². The topological polar surface area (TPSA) is 46.3 Å². The number of nitrogens with two attached hydrogens (primary N) is 1. The van der Waals surface area contributed by atoms with Crippen LogP contribution in [-0.2, 0) is 0 Å². The number of amides is 1. The fraction of sp³-hybridized carbons (Fsp3) is 0.300. The van der Waals surface area contributed by atoms with Gasteiger partial charge in [-0.25, -0.2) is 0 Å². The molecule has 0 heterocycles. The van der Waals surface area contributed by atoms with Gasteiger partial charge < -0.3 is 10.6 Å². The van der Waals surface area contributed by atoms with Crippen LogP contribution < -0.4 is 5.73 Å². The lowest BCUT2D eigenvalue weighted by atomic mass is 10.1. The summed E-state index contributed by atoms with van der Waals surface area (Å²) in [4.78, 5) is 13.0. The van der Waals surface area contributed by atoms with Gasteiger partial charge in [0, 0.05) is 19.8 Å². The van der Waals surface area contributed by atoms with Gasteiger partial charge in [0.15, 0.2) is 0 Å². The maximum Gasteiger partial charge on any atom is 0.255 e. The van der Waals surface area contributed by atoms with Crippen molar-refractivity contribution in [3.8, 4) is 0 Å². The van der Waals surface area contributed by atoms with E-state index in [2.05, 4.69) is 0 Å². The Hall–Kier alpha value is -1.51. The molecule has 0 bridgehead atoms. The van der Waals surface area contributed by atoms with E-state index < -0.39 is 0 Å². The van der Waals surface area contributed by atoms with Gasteiger partial charge in [-0.1, -0.05) is 6.07 Å². The van der Waals surface area contributed by atoms with Crippen molar-refractivity contribution in [2.45, 2.75) is 6.92 Å². The Kier molecular flexibility index (Phi) is 2.56. The molecular formula is C10H14N2O. The number of nitrogen functional groups attached to an aromatic ring is 1. The molecule has 0 aliphatic rings. The van der Waals surface area contributed by atoms with Crippen molar-refractivity contribution in [2.75, 3.05) is 19.8 Å². The number of carbonyl (C=O) groups excluding carboxylic acids is 1. The van der Waals surface area contributed by atoms with Crippen LogP contribution >= 0.6 is 0 Å². The van der Waals surface area contributed by atoms with Gasteiger partial charge in [0.05, 0.1) is 5.56 Å². The highest BCUT2D eigenvalue weighted by Crippen LogP contribution is 2.14. The van der Waals surface area contributed by atoms with Gasteiger partial charge in [-0.2, -0.15) is 0 Å². The first-order valence-electron chi connectivity index (χ1n) is 4.10. The van der Waals surface area contributed by atoms with Crippen molar-refractivity contribution in [3.63, 3.8) is 0 Å². The van der Waals surface area contributed by atoms with Gasteiger partial charge in [-0.3, -0.25) is 4.79 Å². The molecular weight excluding hydrogens is 164 g/mol. The van der Waals surface area contributed by atoms with E-state index in [-0.39, 0.29) is 5.91 Å². The normalized spacial score (nSPS) is 9.77. The van der Waals surface area contributed by atoms with E-state index in [4.69, 9.17) is 5.73 Å². The number of aryl methyl sites for hydroxylation is 1. The lowest BCUT2D eigenvalue weighted by Gasteiger charge is -2.12. The number of hydrogen-bond donors (Lipinski definition) is 1. The summed E-state index contributed by atoms with van der Waals surface area (Å²) >= 11 is 0. The molecule has 0 fully saturated rings. The van der Waals surface area contributed by atoms with Crippen LogP contribution in [0.3, 0.4) is 0 Å². The Morgan fingerprint density at radius 1 is 1.38 bits per heavy atom. The predicted molar refractivity (Wildman–Crippen MR) is 53.6 cm³/mol. The molecule has 3 nitrogen and oxygen atoms in total. The molecule has 0 atom stereocenters.